The minimum Gasteiger partial charge on any atom is -0.506 e. The largest absolute Gasteiger partial charge is 0.506 e. The predicted octanol–water partition coefficient (Wildman–Crippen LogP) is 3.42. The third-order valence-corrected chi connectivity index (χ3v) is 4.89. The molecular weight excluding hydrogens is 396 g/mol. The summed E-state index contributed by atoms with van der Waals surface area (Å²) >= 11 is 0. The molecular formula is C21H15F2N3O4. The van der Waals surface area contributed by atoms with Crippen LogP contribution in [-0.2, 0) is 22.6 Å². The number of carbonyl (C=O) groups is 2. The summed E-state index contributed by atoms with van der Waals surface area (Å²) in [6.45, 7) is -0.0759. The molecule has 2 aromatic carbocycles. The molecule has 0 radical (unpaired) electrons. The van der Waals surface area contributed by atoms with Crippen molar-refractivity contribution in [3.8, 4) is 5.75 Å². The number of fused-ring (bicyclic) bond motifs is 3. The van der Waals surface area contributed by atoms with Crippen molar-refractivity contribution in [1.82, 2.24) is 9.55 Å². The minimum absolute atomic E-state index is 0.0759. The molecule has 2 aromatic heterocycles. The number of hydrogen-bond acceptors (Lipinski definition) is 4. The zero-order valence-electron chi connectivity index (χ0n) is 15.4. The fourth-order valence-electron chi connectivity index (χ4n) is 3.68. The van der Waals surface area contributed by atoms with Gasteiger partial charge in [-0.05, 0) is 29.8 Å². The smallest absolute Gasteiger partial charge is 0.307 e. The SMILES string of the molecule is O=CNc1c(CC(=O)O)ccc2c1c1c(O)cncc1n2Cc1cc(F)ccc1F. The van der Waals surface area contributed by atoms with Crippen LogP contribution in [0.15, 0.2) is 42.7 Å². The summed E-state index contributed by atoms with van der Waals surface area (Å²) in [5.41, 5.74) is 1.52. The lowest BCUT2D eigenvalue weighted by Crippen LogP contribution is -2.06. The molecule has 7 nitrogen and oxygen atoms in total. The molecule has 0 spiro atoms. The van der Waals surface area contributed by atoms with Gasteiger partial charge >= 0.3 is 5.97 Å². The number of hydrogen-bond donors (Lipinski definition) is 3. The Bertz CT molecular complexity index is 1320. The van der Waals surface area contributed by atoms with E-state index >= 15 is 0 Å². The van der Waals surface area contributed by atoms with Gasteiger partial charge in [0.2, 0.25) is 6.41 Å². The Labute approximate surface area is 168 Å². The first kappa shape index (κ1) is 19.3. The van der Waals surface area contributed by atoms with Gasteiger partial charge in [-0.15, -0.1) is 0 Å². The molecule has 0 atom stereocenters. The van der Waals surface area contributed by atoms with Crippen molar-refractivity contribution in [1.29, 1.82) is 0 Å². The summed E-state index contributed by atoms with van der Waals surface area (Å²) in [6, 6.07) is 6.26. The summed E-state index contributed by atoms with van der Waals surface area (Å²) in [4.78, 5) is 26.4. The molecule has 1 amide bonds. The van der Waals surface area contributed by atoms with Gasteiger partial charge < -0.3 is 20.1 Å². The molecule has 0 aliphatic carbocycles. The van der Waals surface area contributed by atoms with Gasteiger partial charge in [0.15, 0.2) is 0 Å². The fraction of sp³-hybridized carbons (Fsp3) is 0.0952. The van der Waals surface area contributed by atoms with Gasteiger partial charge in [0.25, 0.3) is 0 Å². The maximum absolute atomic E-state index is 14.3. The van der Waals surface area contributed by atoms with Gasteiger partial charge in [0.05, 0.1) is 47.5 Å². The van der Waals surface area contributed by atoms with Crippen molar-refractivity contribution in [3.05, 3.63) is 65.5 Å². The first-order valence-corrected chi connectivity index (χ1v) is 8.87. The monoisotopic (exact) mass is 411 g/mol. The lowest BCUT2D eigenvalue weighted by Gasteiger charge is -2.11. The van der Waals surface area contributed by atoms with Gasteiger partial charge in [-0.25, -0.2) is 8.78 Å². The Hall–Kier alpha value is -4.01. The number of carboxylic acids is 1. The quantitative estimate of drug-likeness (QED) is 0.422. The Morgan fingerprint density at radius 1 is 1.10 bits per heavy atom. The van der Waals surface area contributed by atoms with E-state index in [1.54, 1.807) is 10.6 Å². The van der Waals surface area contributed by atoms with Gasteiger partial charge in [-0.2, -0.15) is 0 Å². The molecule has 0 fully saturated rings. The van der Waals surface area contributed by atoms with Crippen LogP contribution in [-0.4, -0.2) is 32.1 Å². The van der Waals surface area contributed by atoms with Crippen molar-refractivity contribution in [2.45, 2.75) is 13.0 Å². The molecule has 30 heavy (non-hydrogen) atoms. The number of aromatic nitrogens is 2. The summed E-state index contributed by atoms with van der Waals surface area (Å²) < 4.78 is 29.6. The average molecular weight is 411 g/mol. The van der Waals surface area contributed by atoms with Crippen LogP contribution in [0, 0.1) is 11.6 Å². The van der Waals surface area contributed by atoms with E-state index in [1.807, 2.05) is 0 Å². The summed E-state index contributed by atoms with van der Waals surface area (Å²) in [7, 11) is 0. The second kappa shape index (κ2) is 7.43. The van der Waals surface area contributed by atoms with Crippen molar-refractivity contribution >= 4 is 39.9 Å². The van der Waals surface area contributed by atoms with Crippen LogP contribution in [0.2, 0.25) is 0 Å². The maximum atomic E-state index is 14.3. The van der Waals surface area contributed by atoms with Crippen molar-refractivity contribution < 1.29 is 28.6 Å². The molecule has 0 aliphatic heterocycles. The molecule has 152 valence electrons. The van der Waals surface area contributed by atoms with Crippen LogP contribution < -0.4 is 5.32 Å². The number of carbonyl (C=O) groups excluding carboxylic acids is 1. The number of carboxylic acid groups (broad SMARTS) is 1. The highest BCUT2D eigenvalue weighted by molar-refractivity contribution is 6.18. The van der Waals surface area contributed by atoms with Crippen LogP contribution in [0.25, 0.3) is 21.8 Å². The van der Waals surface area contributed by atoms with E-state index in [4.69, 9.17) is 0 Å². The molecule has 4 aromatic rings. The number of anilines is 1. The van der Waals surface area contributed by atoms with E-state index in [-0.39, 0.29) is 30.0 Å². The number of rotatable bonds is 6. The van der Waals surface area contributed by atoms with Crippen LogP contribution >= 0.6 is 0 Å². The van der Waals surface area contributed by atoms with Gasteiger partial charge in [-0.1, -0.05) is 6.07 Å². The Balaban J connectivity index is 2.06. The number of aromatic hydroxyl groups is 1. The van der Waals surface area contributed by atoms with Crippen molar-refractivity contribution in [2.24, 2.45) is 0 Å². The lowest BCUT2D eigenvalue weighted by atomic mass is 10.0. The molecule has 0 saturated heterocycles. The normalized spacial score (nSPS) is 11.1. The third-order valence-electron chi connectivity index (χ3n) is 4.89. The molecule has 0 saturated carbocycles. The topological polar surface area (TPSA) is 104 Å². The number of pyridine rings is 1. The van der Waals surface area contributed by atoms with Gasteiger partial charge in [-0.3, -0.25) is 14.6 Å². The van der Waals surface area contributed by atoms with E-state index in [1.165, 1.54) is 18.5 Å². The van der Waals surface area contributed by atoms with E-state index in [9.17, 15) is 28.6 Å². The number of benzene rings is 2. The molecule has 2 heterocycles. The zero-order chi connectivity index (χ0) is 21.4. The van der Waals surface area contributed by atoms with Crippen LogP contribution in [0.1, 0.15) is 11.1 Å². The van der Waals surface area contributed by atoms with Gasteiger partial charge in [0, 0.05) is 10.9 Å². The average Bonchev–Trinajstić information content (AvgIpc) is 3.01. The highest BCUT2D eigenvalue weighted by Gasteiger charge is 2.21. The Morgan fingerprint density at radius 3 is 2.63 bits per heavy atom. The molecule has 0 aliphatic rings. The zero-order valence-corrected chi connectivity index (χ0v) is 15.4. The number of halogens is 2. The van der Waals surface area contributed by atoms with Crippen LogP contribution in [0.5, 0.6) is 5.75 Å². The summed E-state index contributed by atoms with van der Waals surface area (Å²) in [6.07, 6.45) is 2.72. The number of amides is 1. The molecule has 4 rings (SSSR count). The van der Waals surface area contributed by atoms with Crippen LogP contribution in [0.4, 0.5) is 14.5 Å². The molecule has 0 bridgehead atoms. The van der Waals surface area contributed by atoms with Crippen molar-refractivity contribution in [3.63, 3.8) is 0 Å². The predicted molar refractivity (Wildman–Crippen MR) is 105 cm³/mol. The standard InChI is InChI=1S/C21H15F2N3O4/c22-13-2-3-14(23)12(5-13)9-26-15-4-1-11(6-18(29)30)21(25-10-27)20(15)19-16(26)7-24-8-17(19)28/h1-5,7-8,10,28H,6,9H2,(H,25,27)(H,29,30). The summed E-state index contributed by atoms with van der Waals surface area (Å²) in [5, 5.41) is 22.9. The number of nitrogens with zero attached hydrogens (tertiary/aromatic N) is 2. The third kappa shape index (κ3) is 3.20. The lowest BCUT2D eigenvalue weighted by molar-refractivity contribution is -0.136. The Morgan fingerprint density at radius 2 is 1.90 bits per heavy atom. The second-order valence-corrected chi connectivity index (χ2v) is 6.70. The van der Waals surface area contributed by atoms with Crippen LogP contribution in [0.3, 0.4) is 0 Å². The molecule has 3 N–H and O–H groups in total. The highest BCUT2D eigenvalue weighted by atomic mass is 19.1. The van der Waals surface area contributed by atoms with Gasteiger partial charge in [0.1, 0.15) is 17.4 Å². The first-order chi connectivity index (χ1) is 14.4. The minimum atomic E-state index is -1.10. The summed E-state index contributed by atoms with van der Waals surface area (Å²) in [5.74, 6) is -2.49. The first-order valence-electron chi connectivity index (χ1n) is 8.87. The van der Waals surface area contributed by atoms with E-state index in [0.717, 1.165) is 18.2 Å². The van der Waals surface area contributed by atoms with E-state index in [2.05, 4.69) is 10.3 Å². The molecule has 9 heteroatoms. The highest BCUT2D eigenvalue weighted by Crippen LogP contribution is 2.40. The van der Waals surface area contributed by atoms with Crippen molar-refractivity contribution in [2.75, 3.05) is 5.32 Å². The number of aliphatic carboxylic acids is 1. The molecule has 0 unspecified atom stereocenters. The van der Waals surface area contributed by atoms with E-state index < -0.39 is 17.6 Å². The number of nitrogens with one attached hydrogen (secondary N) is 1. The Kier molecular flexibility index (Phi) is 4.78. The van der Waals surface area contributed by atoms with E-state index in [0.29, 0.717) is 33.8 Å². The maximum Gasteiger partial charge on any atom is 0.307 e. The fourth-order valence-corrected chi connectivity index (χ4v) is 3.68. The second-order valence-electron chi connectivity index (χ2n) is 6.70.